The maximum absolute atomic E-state index is 12.8. The molecule has 0 bridgehead atoms. The van der Waals surface area contributed by atoms with E-state index in [1.54, 1.807) is 31.2 Å². The molecule has 0 fully saturated rings. The predicted molar refractivity (Wildman–Crippen MR) is 115 cm³/mol. The second-order valence-corrected chi connectivity index (χ2v) is 6.81. The fraction of sp³-hybridized carbons (Fsp3) is 0.417. The smallest absolute Gasteiger partial charge is 0.339 e. The third-order valence-corrected chi connectivity index (χ3v) is 4.59. The van der Waals surface area contributed by atoms with E-state index in [0.29, 0.717) is 42.6 Å². The van der Waals surface area contributed by atoms with Gasteiger partial charge in [0.25, 0.3) is 0 Å². The number of aryl methyl sites for hydroxylation is 2. The van der Waals surface area contributed by atoms with E-state index in [0.717, 1.165) is 11.1 Å². The zero-order chi connectivity index (χ0) is 22.3. The van der Waals surface area contributed by atoms with E-state index >= 15 is 0 Å². The molecule has 0 N–H and O–H groups in total. The normalized spacial score (nSPS) is 11.5. The second-order valence-electron chi connectivity index (χ2n) is 6.81. The van der Waals surface area contributed by atoms with E-state index in [2.05, 4.69) is 0 Å². The van der Waals surface area contributed by atoms with E-state index in [1.165, 1.54) is 0 Å². The minimum Gasteiger partial charge on any atom is -0.490 e. The van der Waals surface area contributed by atoms with Crippen LogP contribution in [-0.2, 0) is 4.74 Å². The van der Waals surface area contributed by atoms with Gasteiger partial charge in [-0.3, -0.25) is 4.79 Å². The first-order chi connectivity index (χ1) is 14.3. The van der Waals surface area contributed by atoms with Crippen LogP contribution in [0.1, 0.15) is 59.5 Å². The maximum Gasteiger partial charge on any atom is 0.339 e. The summed E-state index contributed by atoms with van der Waals surface area (Å²) in [5.41, 5.74) is 2.84. The molecule has 0 amide bonds. The van der Waals surface area contributed by atoms with Crippen LogP contribution in [0.3, 0.4) is 0 Å². The van der Waals surface area contributed by atoms with Crippen LogP contribution in [-0.4, -0.2) is 37.7 Å². The summed E-state index contributed by atoms with van der Waals surface area (Å²) in [5.74, 6) is 0.338. The van der Waals surface area contributed by atoms with Crippen molar-refractivity contribution < 1.29 is 28.5 Å². The first kappa shape index (κ1) is 23.3. The zero-order valence-electron chi connectivity index (χ0n) is 18.5. The molecule has 162 valence electrons. The molecule has 0 aliphatic rings. The van der Waals surface area contributed by atoms with Crippen LogP contribution in [0.4, 0.5) is 0 Å². The highest BCUT2D eigenvalue weighted by Gasteiger charge is 2.24. The van der Waals surface area contributed by atoms with Crippen molar-refractivity contribution in [1.29, 1.82) is 0 Å². The molecule has 1 atom stereocenters. The zero-order valence-corrected chi connectivity index (χ0v) is 18.5. The summed E-state index contributed by atoms with van der Waals surface area (Å²) in [6.45, 7) is 12.2. The lowest BCUT2D eigenvalue weighted by Gasteiger charge is -2.18. The van der Waals surface area contributed by atoms with E-state index < -0.39 is 12.1 Å². The Labute approximate surface area is 178 Å². The molecule has 0 unspecified atom stereocenters. The summed E-state index contributed by atoms with van der Waals surface area (Å²) >= 11 is 0. The standard InChI is InChI=1S/C24H30O6/c1-7-27-20-13-19(14-21(28-8-2)23(20)29-9-3)24(26)30-17(6)22(25)18-11-10-15(4)16(5)12-18/h10-14,17H,7-9H2,1-6H3/t17-/m0/s1. The molecule has 0 aliphatic carbocycles. The third kappa shape index (κ3) is 5.53. The number of ether oxygens (including phenoxy) is 4. The van der Waals surface area contributed by atoms with Gasteiger partial charge in [-0.15, -0.1) is 0 Å². The van der Waals surface area contributed by atoms with Gasteiger partial charge in [-0.1, -0.05) is 12.1 Å². The Morgan fingerprint density at radius 3 is 1.87 bits per heavy atom. The minimum absolute atomic E-state index is 0.227. The lowest BCUT2D eigenvalue weighted by atomic mass is 10.0. The summed E-state index contributed by atoms with van der Waals surface area (Å²) in [4.78, 5) is 25.5. The number of hydrogen-bond acceptors (Lipinski definition) is 6. The highest BCUT2D eigenvalue weighted by atomic mass is 16.6. The Hall–Kier alpha value is -3.02. The van der Waals surface area contributed by atoms with Gasteiger partial charge in [-0.2, -0.15) is 0 Å². The van der Waals surface area contributed by atoms with Crippen molar-refractivity contribution in [3.8, 4) is 17.2 Å². The number of carbonyl (C=O) groups excluding carboxylic acids is 2. The summed E-state index contributed by atoms with van der Waals surface area (Å²) in [6, 6.07) is 8.52. The molecular formula is C24H30O6. The first-order valence-electron chi connectivity index (χ1n) is 10.2. The van der Waals surface area contributed by atoms with Gasteiger partial charge in [0.15, 0.2) is 17.6 Å². The third-order valence-electron chi connectivity index (χ3n) is 4.59. The Morgan fingerprint density at radius 1 is 0.800 bits per heavy atom. The van der Waals surface area contributed by atoms with Gasteiger partial charge in [-0.25, -0.2) is 4.79 Å². The van der Waals surface area contributed by atoms with Gasteiger partial charge in [0.2, 0.25) is 11.5 Å². The predicted octanol–water partition coefficient (Wildman–Crippen LogP) is 4.93. The van der Waals surface area contributed by atoms with E-state index in [1.807, 2.05) is 40.7 Å². The maximum atomic E-state index is 12.8. The van der Waals surface area contributed by atoms with Crippen molar-refractivity contribution in [1.82, 2.24) is 0 Å². The summed E-state index contributed by atoms with van der Waals surface area (Å²) < 4.78 is 22.4. The summed E-state index contributed by atoms with van der Waals surface area (Å²) in [6.07, 6.45) is -0.933. The van der Waals surface area contributed by atoms with Gasteiger partial charge >= 0.3 is 5.97 Å². The Balaban J connectivity index is 2.28. The largest absolute Gasteiger partial charge is 0.490 e. The van der Waals surface area contributed by atoms with Crippen LogP contribution in [0.15, 0.2) is 30.3 Å². The average molecular weight is 414 g/mol. The molecule has 0 heterocycles. The molecule has 0 spiro atoms. The molecule has 2 aromatic rings. The Bertz CT molecular complexity index is 876. The quantitative estimate of drug-likeness (QED) is 0.406. The van der Waals surface area contributed by atoms with Crippen molar-refractivity contribution in [2.45, 2.75) is 47.6 Å². The SMILES string of the molecule is CCOc1cc(C(=O)O[C@@H](C)C(=O)c2ccc(C)c(C)c2)cc(OCC)c1OCC. The molecule has 30 heavy (non-hydrogen) atoms. The minimum atomic E-state index is -0.933. The van der Waals surface area contributed by atoms with Crippen molar-refractivity contribution in [3.63, 3.8) is 0 Å². The van der Waals surface area contributed by atoms with E-state index in [-0.39, 0.29) is 11.3 Å². The molecule has 2 aromatic carbocycles. The van der Waals surface area contributed by atoms with Crippen molar-refractivity contribution in [3.05, 3.63) is 52.6 Å². The summed E-state index contributed by atoms with van der Waals surface area (Å²) in [7, 11) is 0. The molecule has 0 saturated heterocycles. The van der Waals surface area contributed by atoms with Gasteiger partial charge < -0.3 is 18.9 Å². The number of Topliss-reactive ketones (excluding diaryl/α,β-unsaturated/α-hetero) is 1. The molecule has 0 aliphatic heterocycles. The highest BCUT2D eigenvalue weighted by molar-refractivity contribution is 6.01. The van der Waals surface area contributed by atoms with E-state index in [9.17, 15) is 9.59 Å². The van der Waals surface area contributed by atoms with Crippen molar-refractivity contribution in [2.75, 3.05) is 19.8 Å². The molecule has 2 rings (SSSR count). The van der Waals surface area contributed by atoms with Gasteiger partial charge in [0.05, 0.1) is 25.4 Å². The van der Waals surface area contributed by atoms with Crippen LogP contribution < -0.4 is 14.2 Å². The monoisotopic (exact) mass is 414 g/mol. The summed E-state index contributed by atoms with van der Waals surface area (Å²) in [5, 5.41) is 0. The van der Waals surface area contributed by atoms with E-state index in [4.69, 9.17) is 18.9 Å². The van der Waals surface area contributed by atoms with Crippen LogP contribution in [0.5, 0.6) is 17.2 Å². The molecule has 0 saturated carbocycles. The Morgan fingerprint density at radius 2 is 1.37 bits per heavy atom. The Kier molecular flexibility index (Phi) is 8.27. The fourth-order valence-electron chi connectivity index (χ4n) is 2.92. The number of hydrogen-bond donors (Lipinski definition) is 0. The number of ketones is 1. The lowest BCUT2D eigenvalue weighted by Crippen LogP contribution is -2.24. The van der Waals surface area contributed by atoms with Gasteiger partial charge in [0.1, 0.15) is 0 Å². The number of esters is 1. The van der Waals surface area contributed by atoms with Crippen LogP contribution >= 0.6 is 0 Å². The molecule has 0 radical (unpaired) electrons. The molecular weight excluding hydrogens is 384 g/mol. The van der Waals surface area contributed by atoms with Crippen LogP contribution in [0, 0.1) is 13.8 Å². The number of rotatable bonds is 10. The lowest BCUT2D eigenvalue weighted by molar-refractivity contribution is 0.0318. The average Bonchev–Trinajstić information content (AvgIpc) is 2.71. The highest BCUT2D eigenvalue weighted by Crippen LogP contribution is 2.39. The molecule has 6 nitrogen and oxygen atoms in total. The second kappa shape index (κ2) is 10.7. The van der Waals surface area contributed by atoms with Crippen LogP contribution in [0.25, 0.3) is 0 Å². The topological polar surface area (TPSA) is 71.1 Å². The van der Waals surface area contributed by atoms with Crippen molar-refractivity contribution >= 4 is 11.8 Å². The van der Waals surface area contributed by atoms with Gasteiger partial charge in [0, 0.05) is 5.56 Å². The first-order valence-corrected chi connectivity index (χ1v) is 10.2. The fourth-order valence-corrected chi connectivity index (χ4v) is 2.92. The van der Waals surface area contributed by atoms with Gasteiger partial charge in [-0.05, 0) is 70.9 Å². The number of benzene rings is 2. The van der Waals surface area contributed by atoms with Crippen LogP contribution in [0.2, 0.25) is 0 Å². The molecule has 6 heteroatoms. The number of carbonyl (C=O) groups is 2. The molecule has 0 aromatic heterocycles. The van der Waals surface area contributed by atoms with Crippen molar-refractivity contribution in [2.24, 2.45) is 0 Å².